The van der Waals surface area contributed by atoms with Crippen LogP contribution in [0, 0.1) is 0 Å². The molecule has 0 spiro atoms. The van der Waals surface area contributed by atoms with Crippen LogP contribution in [-0.4, -0.2) is 42.9 Å². The van der Waals surface area contributed by atoms with E-state index in [-0.39, 0.29) is 18.6 Å². The van der Waals surface area contributed by atoms with Gasteiger partial charge in [0.2, 0.25) is 5.91 Å². The third kappa shape index (κ3) is 3.87. The fourth-order valence-electron chi connectivity index (χ4n) is 2.43. The van der Waals surface area contributed by atoms with Crippen LogP contribution in [0.3, 0.4) is 0 Å². The smallest absolute Gasteiger partial charge is 0.245 e. The van der Waals surface area contributed by atoms with Crippen LogP contribution in [0.25, 0.3) is 0 Å². The number of amides is 1. The van der Waals surface area contributed by atoms with Gasteiger partial charge in [0, 0.05) is 28.9 Å². The zero-order chi connectivity index (χ0) is 15.4. The molecule has 2 rings (SSSR count). The van der Waals surface area contributed by atoms with E-state index < -0.39 is 6.04 Å². The number of ether oxygens (including phenoxy) is 1. The predicted octanol–water partition coefficient (Wildman–Crippen LogP) is 1.56. The molecule has 1 aliphatic heterocycles. The molecule has 116 valence electrons. The molecular formula is C15H21ClN2O3. The highest BCUT2D eigenvalue weighted by Crippen LogP contribution is 2.28. The minimum atomic E-state index is -0.412. The molecule has 1 atom stereocenters. The fraction of sp³-hybridized carbons (Fsp3) is 0.533. The normalized spacial score (nSPS) is 18.9. The molecule has 2 N–H and O–H groups in total. The van der Waals surface area contributed by atoms with E-state index in [0.717, 1.165) is 11.3 Å². The van der Waals surface area contributed by atoms with Gasteiger partial charge in [0.15, 0.2) is 0 Å². The number of carbonyl (C=O) groups excluding carboxylic acids is 1. The van der Waals surface area contributed by atoms with Crippen LogP contribution in [0.2, 0.25) is 5.02 Å². The molecule has 0 aromatic heterocycles. The highest BCUT2D eigenvalue weighted by atomic mass is 35.5. The van der Waals surface area contributed by atoms with Gasteiger partial charge in [-0.1, -0.05) is 17.7 Å². The lowest BCUT2D eigenvalue weighted by atomic mass is 10.1. The number of anilines is 1. The molecule has 0 bridgehead atoms. The van der Waals surface area contributed by atoms with Gasteiger partial charge in [-0.25, -0.2) is 0 Å². The molecule has 5 nitrogen and oxygen atoms in total. The van der Waals surface area contributed by atoms with Gasteiger partial charge in [0.05, 0.1) is 19.8 Å². The number of hydrogen-bond donors (Lipinski definition) is 2. The summed E-state index contributed by atoms with van der Waals surface area (Å²) in [5, 5.41) is 13.0. The van der Waals surface area contributed by atoms with Crippen molar-refractivity contribution in [3.63, 3.8) is 0 Å². The Morgan fingerprint density at radius 1 is 1.57 bits per heavy atom. The molecule has 6 heteroatoms. The molecular weight excluding hydrogens is 292 g/mol. The number of benzene rings is 1. The summed E-state index contributed by atoms with van der Waals surface area (Å²) in [4.78, 5) is 14.3. The molecule has 1 amide bonds. The van der Waals surface area contributed by atoms with E-state index in [4.69, 9.17) is 16.3 Å². The number of morpholine rings is 1. The van der Waals surface area contributed by atoms with Gasteiger partial charge in [-0.3, -0.25) is 4.79 Å². The van der Waals surface area contributed by atoms with Crippen molar-refractivity contribution in [2.45, 2.75) is 32.5 Å². The summed E-state index contributed by atoms with van der Waals surface area (Å²) in [6.07, 6.45) is 0. The van der Waals surface area contributed by atoms with Crippen LogP contribution in [0.5, 0.6) is 0 Å². The summed E-state index contributed by atoms with van der Waals surface area (Å²) in [5.74, 6) is -0.0754. The summed E-state index contributed by atoms with van der Waals surface area (Å²) < 4.78 is 5.44. The first kappa shape index (κ1) is 16.1. The van der Waals surface area contributed by atoms with Crippen molar-refractivity contribution in [3.8, 4) is 0 Å². The van der Waals surface area contributed by atoms with Crippen molar-refractivity contribution in [2.24, 2.45) is 0 Å². The van der Waals surface area contributed by atoms with Gasteiger partial charge in [-0.2, -0.15) is 0 Å². The van der Waals surface area contributed by atoms with Crippen molar-refractivity contribution in [3.05, 3.63) is 28.8 Å². The van der Waals surface area contributed by atoms with Gasteiger partial charge in [-0.05, 0) is 26.0 Å². The lowest BCUT2D eigenvalue weighted by Gasteiger charge is -2.37. The molecule has 1 unspecified atom stereocenters. The quantitative estimate of drug-likeness (QED) is 0.886. The zero-order valence-electron chi connectivity index (χ0n) is 12.3. The lowest BCUT2D eigenvalue weighted by Crippen LogP contribution is -2.55. The highest BCUT2D eigenvalue weighted by Gasteiger charge is 2.31. The summed E-state index contributed by atoms with van der Waals surface area (Å²) >= 11 is 6.06. The Bertz CT molecular complexity index is 508. The topological polar surface area (TPSA) is 61.8 Å². The summed E-state index contributed by atoms with van der Waals surface area (Å²) in [6, 6.07) is 4.96. The third-order valence-corrected chi connectivity index (χ3v) is 3.62. The summed E-state index contributed by atoms with van der Waals surface area (Å²) in [6.45, 7) is 5.21. The maximum atomic E-state index is 12.3. The SMILES string of the molecule is CC(C)NC(=O)C1COCCN1c1cc(Cl)ccc1CO. The second kappa shape index (κ2) is 7.11. The van der Waals surface area contributed by atoms with E-state index >= 15 is 0 Å². The van der Waals surface area contributed by atoms with Crippen molar-refractivity contribution in [2.75, 3.05) is 24.7 Å². The number of aliphatic hydroxyl groups excluding tert-OH is 1. The minimum absolute atomic E-state index is 0.0675. The number of hydrogen-bond acceptors (Lipinski definition) is 4. The van der Waals surface area contributed by atoms with Crippen LogP contribution in [0.1, 0.15) is 19.4 Å². The molecule has 0 aliphatic carbocycles. The molecule has 21 heavy (non-hydrogen) atoms. The molecule has 1 fully saturated rings. The molecule has 1 heterocycles. The Kier molecular flexibility index (Phi) is 5.45. The van der Waals surface area contributed by atoms with Crippen LogP contribution in [0.4, 0.5) is 5.69 Å². The van der Waals surface area contributed by atoms with Gasteiger partial charge in [0.1, 0.15) is 6.04 Å². The Hall–Kier alpha value is -1.30. The largest absolute Gasteiger partial charge is 0.392 e. The molecule has 1 aromatic carbocycles. The second-order valence-electron chi connectivity index (χ2n) is 5.38. The number of aliphatic hydroxyl groups is 1. The van der Waals surface area contributed by atoms with Crippen LogP contribution in [-0.2, 0) is 16.1 Å². The van der Waals surface area contributed by atoms with Crippen molar-refractivity contribution in [1.29, 1.82) is 0 Å². The average Bonchev–Trinajstić information content (AvgIpc) is 2.46. The monoisotopic (exact) mass is 312 g/mol. The van der Waals surface area contributed by atoms with E-state index in [1.165, 1.54) is 0 Å². The van der Waals surface area contributed by atoms with Gasteiger partial charge in [-0.15, -0.1) is 0 Å². The van der Waals surface area contributed by atoms with Crippen LogP contribution >= 0.6 is 11.6 Å². The van der Waals surface area contributed by atoms with Crippen LogP contribution < -0.4 is 10.2 Å². The molecule has 1 aliphatic rings. The van der Waals surface area contributed by atoms with Crippen molar-refractivity contribution in [1.82, 2.24) is 5.32 Å². The summed E-state index contributed by atoms with van der Waals surface area (Å²) in [5.41, 5.74) is 1.54. The van der Waals surface area contributed by atoms with Crippen molar-refractivity contribution >= 4 is 23.2 Å². The maximum Gasteiger partial charge on any atom is 0.245 e. The third-order valence-electron chi connectivity index (χ3n) is 3.39. The lowest BCUT2D eigenvalue weighted by molar-refractivity contribution is -0.125. The maximum absolute atomic E-state index is 12.3. The summed E-state index contributed by atoms with van der Waals surface area (Å²) in [7, 11) is 0. The number of nitrogens with zero attached hydrogens (tertiary/aromatic N) is 1. The number of nitrogens with one attached hydrogen (secondary N) is 1. The average molecular weight is 313 g/mol. The van der Waals surface area contributed by atoms with Crippen molar-refractivity contribution < 1.29 is 14.6 Å². The molecule has 0 saturated carbocycles. The Morgan fingerprint density at radius 2 is 2.33 bits per heavy atom. The first-order valence-corrected chi connectivity index (χ1v) is 7.44. The van der Waals surface area contributed by atoms with E-state index in [9.17, 15) is 9.90 Å². The Balaban J connectivity index is 2.30. The first-order chi connectivity index (χ1) is 10.0. The minimum Gasteiger partial charge on any atom is -0.392 e. The number of rotatable bonds is 4. The van der Waals surface area contributed by atoms with Gasteiger partial charge >= 0.3 is 0 Å². The van der Waals surface area contributed by atoms with Crippen LogP contribution in [0.15, 0.2) is 18.2 Å². The predicted molar refractivity (Wildman–Crippen MR) is 82.6 cm³/mol. The Morgan fingerprint density at radius 3 is 3.00 bits per heavy atom. The second-order valence-corrected chi connectivity index (χ2v) is 5.81. The molecule has 0 radical (unpaired) electrons. The van der Waals surface area contributed by atoms with E-state index in [2.05, 4.69) is 5.32 Å². The van der Waals surface area contributed by atoms with E-state index in [0.29, 0.717) is 24.8 Å². The van der Waals surface area contributed by atoms with Gasteiger partial charge < -0.3 is 20.1 Å². The molecule has 1 saturated heterocycles. The van der Waals surface area contributed by atoms with E-state index in [1.54, 1.807) is 18.2 Å². The van der Waals surface area contributed by atoms with Gasteiger partial charge in [0.25, 0.3) is 0 Å². The van der Waals surface area contributed by atoms with E-state index in [1.807, 2.05) is 18.7 Å². The molecule has 1 aromatic rings. The zero-order valence-corrected chi connectivity index (χ0v) is 13.1. The fourth-order valence-corrected chi connectivity index (χ4v) is 2.59. The standard InChI is InChI=1S/C15H21ClN2O3/c1-10(2)17-15(20)14-9-21-6-5-18(14)13-7-12(16)4-3-11(13)8-19/h3-4,7,10,14,19H,5-6,8-9H2,1-2H3,(H,17,20). The number of halogens is 1. The number of carbonyl (C=O) groups is 1. The highest BCUT2D eigenvalue weighted by molar-refractivity contribution is 6.30. The Labute approximate surface area is 129 Å². The first-order valence-electron chi connectivity index (χ1n) is 7.07.